The van der Waals surface area contributed by atoms with Gasteiger partial charge in [-0.1, -0.05) is 42.5 Å². The summed E-state index contributed by atoms with van der Waals surface area (Å²) in [6.45, 7) is 1.16. The minimum atomic E-state index is -3.31. The Morgan fingerprint density at radius 3 is 2.52 bits per heavy atom. The molecule has 0 N–H and O–H groups in total. The standard InChI is InChI=1S/C19H23NO4S/c1-23-18-9-7-17(8-10-18)19-15-20(12-13-24-19)25(21,22)14-11-16-5-3-2-4-6-16/h2-10,19H,11-15H2,1H3. The summed E-state index contributed by atoms with van der Waals surface area (Å²) >= 11 is 0. The lowest BCUT2D eigenvalue weighted by Gasteiger charge is -2.32. The molecule has 0 radical (unpaired) electrons. The van der Waals surface area contributed by atoms with Gasteiger partial charge in [0.1, 0.15) is 5.75 Å². The van der Waals surface area contributed by atoms with Crippen LogP contribution in [0.5, 0.6) is 5.75 Å². The molecule has 1 aliphatic heterocycles. The molecular formula is C19H23NO4S. The minimum absolute atomic E-state index is 0.117. The average Bonchev–Trinajstić information content (AvgIpc) is 2.67. The number of morpholine rings is 1. The summed E-state index contributed by atoms with van der Waals surface area (Å²) in [6, 6.07) is 17.3. The first-order valence-corrected chi connectivity index (χ1v) is 9.97. The first kappa shape index (κ1) is 17.9. The van der Waals surface area contributed by atoms with Crippen LogP contribution in [0.3, 0.4) is 0 Å². The molecule has 2 aromatic carbocycles. The number of ether oxygens (including phenoxy) is 2. The number of aryl methyl sites for hydroxylation is 1. The third-order valence-electron chi connectivity index (χ3n) is 4.40. The summed E-state index contributed by atoms with van der Waals surface area (Å²) in [4.78, 5) is 0. The highest BCUT2D eigenvalue weighted by molar-refractivity contribution is 7.89. The Balaban J connectivity index is 1.65. The van der Waals surface area contributed by atoms with E-state index in [1.807, 2.05) is 54.6 Å². The number of methoxy groups -OCH3 is 1. The van der Waals surface area contributed by atoms with Crippen molar-refractivity contribution in [2.75, 3.05) is 32.6 Å². The second kappa shape index (κ2) is 7.99. The Kier molecular flexibility index (Phi) is 5.73. The van der Waals surface area contributed by atoms with Gasteiger partial charge < -0.3 is 9.47 Å². The molecule has 0 aromatic heterocycles. The van der Waals surface area contributed by atoms with Gasteiger partial charge in [-0.3, -0.25) is 0 Å². The van der Waals surface area contributed by atoms with Crippen LogP contribution in [0.2, 0.25) is 0 Å². The summed E-state index contributed by atoms with van der Waals surface area (Å²) in [7, 11) is -1.69. The largest absolute Gasteiger partial charge is 0.497 e. The molecule has 0 amide bonds. The molecule has 134 valence electrons. The van der Waals surface area contributed by atoms with E-state index in [2.05, 4.69) is 0 Å². The maximum Gasteiger partial charge on any atom is 0.214 e. The summed E-state index contributed by atoms with van der Waals surface area (Å²) in [5.74, 6) is 0.888. The molecule has 1 fully saturated rings. The summed E-state index contributed by atoms with van der Waals surface area (Å²) in [5.41, 5.74) is 2.00. The average molecular weight is 361 g/mol. The van der Waals surface area contributed by atoms with Crippen molar-refractivity contribution in [1.82, 2.24) is 4.31 Å². The Hall–Kier alpha value is -1.89. The maximum absolute atomic E-state index is 12.7. The van der Waals surface area contributed by atoms with E-state index in [1.54, 1.807) is 11.4 Å². The molecule has 5 nitrogen and oxygen atoms in total. The molecule has 0 aliphatic carbocycles. The molecule has 1 unspecified atom stereocenters. The number of hydrogen-bond acceptors (Lipinski definition) is 4. The van der Waals surface area contributed by atoms with Gasteiger partial charge in [0.25, 0.3) is 0 Å². The van der Waals surface area contributed by atoms with Gasteiger partial charge in [0, 0.05) is 13.1 Å². The highest BCUT2D eigenvalue weighted by Crippen LogP contribution is 2.25. The van der Waals surface area contributed by atoms with Crippen molar-refractivity contribution in [1.29, 1.82) is 0 Å². The zero-order valence-corrected chi connectivity index (χ0v) is 15.1. The van der Waals surface area contributed by atoms with Gasteiger partial charge in [0.2, 0.25) is 10.0 Å². The summed E-state index contributed by atoms with van der Waals surface area (Å²) < 4.78 is 37.9. The van der Waals surface area contributed by atoms with Crippen LogP contribution < -0.4 is 4.74 Å². The topological polar surface area (TPSA) is 55.8 Å². The van der Waals surface area contributed by atoms with E-state index in [-0.39, 0.29) is 11.9 Å². The molecule has 0 saturated carbocycles. The molecule has 1 heterocycles. The minimum Gasteiger partial charge on any atom is -0.497 e. The lowest BCUT2D eigenvalue weighted by atomic mass is 10.1. The number of rotatable bonds is 6. The molecule has 2 aromatic rings. The maximum atomic E-state index is 12.7. The normalized spacial score (nSPS) is 18.8. The van der Waals surface area contributed by atoms with Crippen molar-refractivity contribution in [3.8, 4) is 5.75 Å². The molecule has 1 aliphatic rings. The van der Waals surface area contributed by atoms with Gasteiger partial charge in [0.15, 0.2) is 0 Å². The first-order chi connectivity index (χ1) is 12.1. The molecular weight excluding hydrogens is 338 g/mol. The van der Waals surface area contributed by atoms with E-state index in [9.17, 15) is 8.42 Å². The molecule has 3 rings (SSSR count). The SMILES string of the molecule is COc1ccc(C2CN(S(=O)(=O)CCc3ccccc3)CCO2)cc1. The van der Waals surface area contributed by atoms with E-state index in [4.69, 9.17) is 9.47 Å². The Bertz CT molecular complexity index is 775. The van der Waals surface area contributed by atoms with E-state index >= 15 is 0 Å². The van der Waals surface area contributed by atoms with Crippen LogP contribution in [0, 0.1) is 0 Å². The van der Waals surface area contributed by atoms with Gasteiger partial charge in [0.05, 0.1) is 25.6 Å². The molecule has 0 spiro atoms. The Labute approximate surface area is 149 Å². The third-order valence-corrected chi connectivity index (χ3v) is 6.24. The van der Waals surface area contributed by atoms with E-state index in [0.29, 0.717) is 26.1 Å². The number of hydrogen-bond donors (Lipinski definition) is 0. The highest BCUT2D eigenvalue weighted by Gasteiger charge is 2.30. The van der Waals surface area contributed by atoms with Crippen LogP contribution in [0.1, 0.15) is 17.2 Å². The lowest BCUT2D eigenvalue weighted by Crippen LogP contribution is -2.43. The van der Waals surface area contributed by atoms with Crippen molar-refractivity contribution < 1.29 is 17.9 Å². The zero-order chi connectivity index (χ0) is 17.7. The first-order valence-electron chi connectivity index (χ1n) is 8.36. The predicted octanol–water partition coefficient (Wildman–Crippen LogP) is 2.64. The van der Waals surface area contributed by atoms with Crippen LogP contribution in [-0.4, -0.2) is 45.3 Å². The van der Waals surface area contributed by atoms with Crippen molar-refractivity contribution in [3.05, 3.63) is 65.7 Å². The fourth-order valence-corrected chi connectivity index (χ4v) is 4.39. The van der Waals surface area contributed by atoms with Crippen molar-refractivity contribution in [3.63, 3.8) is 0 Å². The van der Waals surface area contributed by atoms with Crippen LogP contribution in [0.4, 0.5) is 0 Å². The van der Waals surface area contributed by atoms with Gasteiger partial charge >= 0.3 is 0 Å². The number of sulfonamides is 1. The second-order valence-corrected chi connectivity index (χ2v) is 8.13. The molecule has 1 saturated heterocycles. The smallest absolute Gasteiger partial charge is 0.214 e. The van der Waals surface area contributed by atoms with Gasteiger partial charge in [-0.25, -0.2) is 8.42 Å². The quantitative estimate of drug-likeness (QED) is 0.794. The van der Waals surface area contributed by atoms with Crippen LogP contribution in [0.25, 0.3) is 0 Å². The fraction of sp³-hybridized carbons (Fsp3) is 0.368. The summed E-state index contributed by atoms with van der Waals surface area (Å²) in [5, 5.41) is 0. The van der Waals surface area contributed by atoms with Crippen molar-refractivity contribution in [2.45, 2.75) is 12.5 Å². The predicted molar refractivity (Wildman–Crippen MR) is 97.2 cm³/mol. The number of benzene rings is 2. The van der Waals surface area contributed by atoms with Gasteiger partial charge in [-0.05, 0) is 29.7 Å². The Morgan fingerprint density at radius 1 is 1.12 bits per heavy atom. The van der Waals surface area contributed by atoms with Crippen LogP contribution in [-0.2, 0) is 21.2 Å². The van der Waals surface area contributed by atoms with Crippen molar-refractivity contribution in [2.24, 2.45) is 0 Å². The fourth-order valence-electron chi connectivity index (χ4n) is 2.92. The van der Waals surface area contributed by atoms with E-state index < -0.39 is 10.0 Å². The Morgan fingerprint density at radius 2 is 1.84 bits per heavy atom. The highest BCUT2D eigenvalue weighted by atomic mass is 32.2. The monoisotopic (exact) mass is 361 g/mol. The van der Waals surface area contributed by atoms with Crippen LogP contribution in [0.15, 0.2) is 54.6 Å². The summed E-state index contributed by atoms with van der Waals surface area (Å²) in [6.07, 6.45) is 0.277. The van der Waals surface area contributed by atoms with E-state index in [1.165, 1.54) is 0 Å². The second-order valence-electron chi connectivity index (χ2n) is 6.04. The van der Waals surface area contributed by atoms with Gasteiger partial charge in [-0.15, -0.1) is 0 Å². The van der Waals surface area contributed by atoms with Gasteiger partial charge in [-0.2, -0.15) is 4.31 Å². The lowest BCUT2D eigenvalue weighted by molar-refractivity contribution is -0.00255. The molecule has 25 heavy (non-hydrogen) atoms. The molecule has 6 heteroatoms. The van der Waals surface area contributed by atoms with Crippen LogP contribution >= 0.6 is 0 Å². The third kappa shape index (κ3) is 4.60. The zero-order valence-electron chi connectivity index (χ0n) is 14.3. The molecule has 1 atom stereocenters. The number of nitrogens with zero attached hydrogens (tertiary/aromatic N) is 1. The molecule has 0 bridgehead atoms. The van der Waals surface area contributed by atoms with E-state index in [0.717, 1.165) is 16.9 Å². The van der Waals surface area contributed by atoms with Crippen molar-refractivity contribution >= 4 is 10.0 Å².